The van der Waals surface area contributed by atoms with Crippen LogP contribution in [-0.2, 0) is 11.3 Å². The molecule has 1 aliphatic heterocycles. The number of halogens is 1. The van der Waals surface area contributed by atoms with Gasteiger partial charge in [-0.05, 0) is 47.8 Å². The van der Waals surface area contributed by atoms with Crippen molar-refractivity contribution in [2.24, 2.45) is 4.99 Å². The lowest BCUT2D eigenvalue weighted by Gasteiger charge is -2.34. The van der Waals surface area contributed by atoms with Gasteiger partial charge in [-0.1, -0.05) is 0 Å². The number of guanidine groups is 1. The highest BCUT2D eigenvalue weighted by Gasteiger charge is 2.21. The number of hydrogen-bond donors (Lipinski definition) is 1. The third-order valence-corrected chi connectivity index (χ3v) is 5.03. The van der Waals surface area contributed by atoms with Crippen molar-refractivity contribution in [2.45, 2.75) is 32.4 Å². The van der Waals surface area contributed by atoms with Gasteiger partial charge in [0.2, 0.25) is 0 Å². The van der Waals surface area contributed by atoms with Crippen molar-refractivity contribution in [2.75, 3.05) is 26.7 Å². The monoisotopic (exact) mass is 359 g/mol. The highest BCUT2D eigenvalue weighted by Crippen LogP contribution is 2.22. The first-order valence-electron chi connectivity index (χ1n) is 7.04. The summed E-state index contributed by atoms with van der Waals surface area (Å²) in [5.74, 6) is 0.990. The second-order valence-electron chi connectivity index (χ2n) is 4.75. The topological polar surface area (TPSA) is 36.9 Å². The van der Waals surface area contributed by atoms with Gasteiger partial charge in [-0.25, -0.2) is 0 Å². The SMILES string of the molecule is CCOC1CCN(C(=NC)NCc2ccc(Br)s2)CC1. The zero-order valence-electron chi connectivity index (χ0n) is 12.1. The number of nitrogens with zero attached hydrogens (tertiary/aromatic N) is 2. The molecular formula is C14H22BrN3OS. The van der Waals surface area contributed by atoms with E-state index in [-0.39, 0.29) is 0 Å². The molecule has 0 spiro atoms. The van der Waals surface area contributed by atoms with Crippen molar-refractivity contribution in [1.29, 1.82) is 0 Å². The Morgan fingerprint density at radius 3 is 2.80 bits per heavy atom. The van der Waals surface area contributed by atoms with Gasteiger partial charge >= 0.3 is 0 Å². The van der Waals surface area contributed by atoms with Crippen LogP contribution in [0.25, 0.3) is 0 Å². The van der Waals surface area contributed by atoms with Gasteiger partial charge in [0.05, 0.1) is 16.4 Å². The summed E-state index contributed by atoms with van der Waals surface area (Å²) in [6.07, 6.45) is 2.58. The molecule has 1 aromatic heterocycles. The largest absolute Gasteiger partial charge is 0.378 e. The van der Waals surface area contributed by atoms with Crippen LogP contribution >= 0.6 is 27.3 Å². The van der Waals surface area contributed by atoms with Crippen LogP contribution in [0.4, 0.5) is 0 Å². The molecule has 1 N–H and O–H groups in total. The van der Waals surface area contributed by atoms with Crippen LogP contribution in [0.1, 0.15) is 24.6 Å². The highest BCUT2D eigenvalue weighted by atomic mass is 79.9. The fourth-order valence-corrected chi connectivity index (χ4v) is 3.84. The van der Waals surface area contributed by atoms with E-state index in [4.69, 9.17) is 4.74 Å². The second kappa shape index (κ2) is 8.00. The molecule has 0 bridgehead atoms. The third kappa shape index (κ3) is 4.46. The van der Waals surface area contributed by atoms with E-state index in [2.05, 4.69) is 50.2 Å². The fraction of sp³-hybridized carbons (Fsp3) is 0.643. The zero-order valence-corrected chi connectivity index (χ0v) is 14.5. The number of likely N-dealkylation sites (tertiary alicyclic amines) is 1. The average molecular weight is 360 g/mol. The first-order chi connectivity index (χ1) is 9.72. The summed E-state index contributed by atoms with van der Waals surface area (Å²) >= 11 is 5.24. The number of nitrogens with one attached hydrogen (secondary N) is 1. The molecule has 0 radical (unpaired) electrons. The third-order valence-electron chi connectivity index (χ3n) is 3.41. The number of hydrogen-bond acceptors (Lipinski definition) is 3. The van der Waals surface area contributed by atoms with Crippen LogP contribution < -0.4 is 5.32 Å². The van der Waals surface area contributed by atoms with E-state index in [1.54, 1.807) is 11.3 Å². The molecule has 1 aromatic rings. The van der Waals surface area contributed by atoms with Crippen LogP contribution in [0.5, 0.6) is 0 Å². The maximum Gasteiger partial charge on any atom is 0.193 e. The molecule has 1 saturated heterocycles. The standard InChI is InChI=1S/C14H22BrN3OS/c1-3-19-11-6-8-18(9-7-11)14(16-2)17-10-12-4-5-13(15)20-12/h4-5,11H,3,6-10H2,1-2H3,(H,16,17). The molecule has 0 aliphatic carbocycles. The van der Waals surface area contributed by atoms with E-state index in [0.717, 1.165) is 45.0 Å². The number of piperidine rings is 1. The van der Waals surface area contributed by atoms with Crippen LogP contribution in [-0.4, -0.2) is 43.7 Å². The Balaban J connectivity index is 1.81. The summed E-state index contributed by atoms with van der Waals surface area (Å²) in [7, 11) is 1.85. The summed E-state index contributed by atoms with van der Waals surface area (Å²) in [6, 6.07) is 4.22. The van der Waals surface area contributed by atoms with Crippen molar-refractivity contribution >= 4 is 33.2 Å². The summed E-state index contributed by atoms with van der Waals surface area (Å²) in [5.41, 5.74) is 0. The minimum atomic E-state index is 0.419. The van der Waals surface area contributed by atoms with Crippen molar-refractivity contribution in [1.82, 2.24) is 10.2 Å². The van der Waals surface area contributed by atoms with E-state index < -0.39 is 0 Å². The number of aliphatic imine (C=N–C) groups is 1. The van der Waals surface area contributed by atoms with Crippen molar-refractivity contribution in [3.63, 3.8) is 0 Å². The Hall–Kier alpha value is -0.590. The Morgan fingerprint density at radius 1 is 1.50 bits per heavy atom. The lowest BCUT2D eigenvalue weighted by atomic mass is 10.1. The molecule has 20 heavy (non-hydrogen) atoms. The van der Waals surface area contributed by atoms with Crippen LogP contribution in [0.2, 0.25) is 0 Å². The molecule has 6 heteroatoms. The van der Waals surface area contributed by atoms with E-state index >= 15 is 0 Å². The molecule has 1 aliphatic rings. The molecule has 0 saturated carbocycles. The number of thiophene rings is 1. The van der Waals surface area contributed by atoms with E-state index in [1.165, 1.54) is 8.66 Å². The second-order valence-corrected chi connectivity index (χ2v) is 7.30. The normalized spacial score (nSPS) is 17.6. The van der Waals surface area contributed by atoms with Crippen molar-refractivity contribution < 1.29 is 4.74 Å². The maximum absolute atomic E-state index is 5.69. The van der Waals surface area contributed by atoms with E-state index in [1.807, 2.05) is 7.05 Å². The first kappa shape index (κ1) is 15.8. The number of rotatable bonds is 4. The molecule has 0 atom stereocenters. The molecule has 0 unspecified atom stereocenters. The smallest absolute Gasteiger partial charge is 0.193 e. The van der Waals surface area contributed by atoms with Gasteiger partial charge in [0, 0.05) is 31.6 Å². The van der Waals surface area contributed by atoms with E-state index in [0.29, 0.717) is 6.10 Å². The van der Waals surface area contributed by atoms with Gasteiger partial charge in [0.1, 0.15) is 0 Å². The zero-order chi connectivity index (χ0) is 14.4. The predicted molar refractivity (Wildman–Crippen MR) is 88.4 cm³/mol. The lowest BCUT2D eigenvalue weighted by molar-refractivity contribution is 0.0263. The fourth-order valence-electron chi connectivity index (χ4n) is 2.42. The minimum Gasteiger partial charge on any atom is -0.378 e. The van der Waals surface area contributed by atoms with Gasteiger partial charge in [0.15, 0.2) is 5.96 Å². The molecule has 4 nitrogen and oxygen atoms in total. The molecule has 0 amide bonds. The van der Waals surface area contributed by atoms with Crippen LogP contribution in [0.15, 0.2) is 20.9 Å². The molecule has 2 heterocycles. The average Bonchev–Trinajstić information content (AvgIpc) is 2.87. The molecule has 0 aromatic carbocycles. The summed E-state index contributed by atoms with van der Waals surface area (Å²) < 4.78 is 6.85. The predicted octanol–water partition coefficient (Wildman–Crippen LogP) is 3.09. The van der Waals surface area contributed by atoms with Gasteiger partial charge in [-0.15, -0.1) is 11.3 Å². The van der Waals surface area contributed by atoms with Crippen LogP contribution in [0.3, 0.4) is 0 Å². The maximum atomic E-state index is 5.69. The molecule has 112 valence electrons. The van der Waals surface area contributed by atoms with E-state index in [9.17, 15) is 0 Å². The quantitative estimate of drug-likeness (QED) is 0.662. The minimum absolute atomic E-state index is 0.419. The summed E-state index contributed by atoms with van der Waals surface area (Å²) in [6.45, 7) is 5.72. The first-order valence-corrected chi connectivity index (χ1v) is 8.65. The number of ether oxygens (including phenoxy) is 1. The molecule has 1 fully saturated rings. The van der Waals surface area contributed by atoms with Gasteiger partial charge in [0.25, 0.3) is 0 Å². The van der Waals surface area contributed by atoms with Gasteiger partial charge < -0.3 is 15.0 Å². The summed E-state index contributed by atoms with van der Waals surface area (Å²) in [5, 5.41) is 3.44. The van der Waals surface area contributed by atoms with Crippen molar-refractivity contribution in [3.05, 3.63) is 20.8 Å². The van der Waals surface area contributed by atoms with Gasteiger partial charge in [-0.2, -0.15) is 0 Å². The Kier molecular flexibility index (Phi) is 6.32. The molecule has 2 rings (SSSR count). The highest BCUT2D eigenvalue weighted by molar-refractivity contribution is 9.11. The Morgan fingerprint density at radius 2 is 2.25 bits per heavy atom. The van der Waals surface area contributed by atoms with Crippen LogP contribution in [0, 0.1) is 0 Å². The lowest BCUT2D eigenvalue weighted by Crippen LogP contribution is -2.46. The Labute approximate surface area is 133 Å². The molecular weight excluding hydrogens is 338 g/mol. The van der Waals surface area contributed by atoms with Crippen molar-refractivity contribution in [3.8, 4) is 0 Å². The summed E-state index contributed by atoms with van der Waals surface area (Å²) in [4.78, 5) is 8.01. The van der Waals surface area contributed by atoms with Gasteiger partial charge in [-0.3, -0.25) is 4.99 Å². The Bertz CT molecular complexity index is 441.